The van der Waals surface area contributed by atoms with Gasteiger partial charge in [-0.2, -0.15) is 0 Å². The van der Waals surface area contributed by atoms with Gasteiger partial charge in [-0.1, -0.05) is 17.7 Å². The maximum absolute atomic E-state index is 12.9. The molecule has 0 unspecified atom stereocenters. The van der Waals surface area contributed by atoms with Gasteiger partial charge in [0.25, 0.3) is 11.1 Å². The normalized spacial score (nSPS) is 14.6. The highest BCUT2D eigenvalue weighted by Gasteiger charge is 2.36. The fourth-order valence-electron chi connectivity index (χ4n) is 3.71. The molecule has 2 aromatic rings. The van der Waals surface area contributed by atoms with Crippen LogP contribution in [0.4, 0.5) is 10.5 Å². The largest absolute Gasteiger partial charge is 0.490 e. The molecule has 2 aromatic carbocycles. The van der Waals surface area contributed by atoms with Crippen molar-refractivity contribution in [3.05, 3.63) is 55.0 Å². The lowest BCUT2D eigenvalue weighted by atomic mass is 10.1. The van der Waals surface area contributed by atoms with E-state index in [2.05, 4.69) is 27.9 Å². The zero-order valence-corrected chi connectivity index (χ0v) is 22.8. The molecule has 9 heteroatoms. The van der Waals surface area contributed by atoms with E-state index < -0.39 is 17.1 Å². The van der Waals surface area contributed by atoms with E-state index in [1.807, 2.05) is 52.8 Å². The number of rotatable bonds is 8. The van der Waals surface area contributed by atoms with Gasteiger partial charge in [0.1, 0.15) is 6.54 Å². The average molecular weight is 594 g/mol. The van der Waals surface area contributed by atoms with Gasteiger partial charge >= 0.3 is 0 Å². The van der Waals surface area contributed by atoms with Crippen LogP contribution in [-0.2, 0) is 9.59 Å². The Kier molecular flexibility index (Phi) is 8.64. The van der Waals surface area contributed by atoms with Crippen molar-refractivity contribution < 1.29 is 23.9 Å². The first-order chi connectivity index (χ1) is 16.1. The Balaban J connectivity index is 1.79. The quantitative estimate of drug-likeness (QED) is 0.313. The number of thioether (sulfide) groups is 1. The molecule has 0 radical (unpaired) electrons. The first-order valence-corrected chi connectivity index (χ1v) is 12.8. The van der Waals surface area contributed by atoms with Gasteiger partial charge in [0.15, 0.2) is 11.5 Å². The third-order valence-corrected chi connectivity index (χ3v) is 6.74. The molecule has 3 amide bonds. The summed E-state index contributed by atoms with van der Waals surface area (Å²) in [5.74, 6) is 0.302. The van der Waals surface area contributed by atoms with Crippen LogP contribution in [0.25, 0.3) is 6.08 Å². The Hall–Kier alpha value is -2.53. The number of amides is 3. The van der Waals surface area contributed by atoms with E-state index in [0.29, 0.717) is 36.0 Å². The standard InChI is InChI=1S/C25H27IN2O5S/c1-6-32-19-11-17(10-18(26)23(19)33-7-2)12-20-24(30)28(25(31)34-20)13-21(29)27-22-15(4)8-14(3)9-16(22)5/h8-12H,6-7,13H2,1-5H3,(H,27,29)/b20-12+. The second-order valence-electron chi connectivity index (χ2n) is 7.79. The number of aryl methyl sites for hydroxylation is 3. The molecule has 1 fully saturated rings. The first-order valence-electron chi connectivity index (χ1n) is 10.9. The molecule has 0 bridgehead atoms. The number of anilines is 1. The molecule has 1 aliphatic heterocycles. The lowest BCUT2D eigenvalue weighted by Gasteiger charge is -2.16. The zero-order valence-electron chi connectivity index (χ0n) is 19.8. The lowest BCUT2D eigenvalue weighted by Crippen LogP contribution is -2.36. The monoisotopic (exact) mass is 594 g/mol. The predicted molar refractivity (Wildman–Crippen MR) is 143 cm³/mol. The van der Waals surface area contributed by atoms with E-state index >= 15 is 0 Å². The molecule has 0 spiro atoms. The third kappa shape index (κ3) is 5.93. The Morgan fingerprint density at radius 2 is 1.71 bits per heavy atom. The number of hydrogen-bond donors (Lipinski definition) is 1. The van der Waals surface area contributed by atoms with Gasteiger partial charge in [-0.3, -0.25) is 19.3 Å². The molecule has 1 N–H and O–H groups in total. The van der Waals surface area contributed by atoms with Crippen LogP contribution in [-0.4, -0.2) is 41.7 Å². The summed E-state index contributed by atoms with van der Waals surface area (Å²) in [6, 6.07) is 7.58. The van der Waals surface area contributed by atoms with Gasteiger partial charge in [0.2, 0.25) is 5.91 Å². The van der Waals surface area contributed by atoms with E-state index in [0.717, 1.165) is 36.9 Å². The minimum Gasteiger partial charge on any atom is -0.490 e. The van der Waals surface area contributed by atoms with E-state index in [1.54, 1.807) is 12.1 Å². The number of carbonyl (C=O) groups excluding carboxylic acids is 3. The van der Waals surface area contributed by atoms with Crippen LogP contribution in [0, 0.1) is 24.3 Å². The predicted octanol–water partition coefficient (Wildman–Crippen LogP) is 5.69. The van der Waals surface area contributed by atoms with Crippen molar-refractivity contribution in [2.45, 2.75) is 34.6 Å². The van der Waals surface area contributed by atoms with Crippen molar-refractivity contribution in [1.82, 2.24) is 4.90 Å². The molecule has 1 saturated heterocycles. The highest BCUT2D eigenvalue weighted by Crippen LogP contribution is 2.37. The van der Waals surface area contributed by atoms with Crippen LogP contribution in [0.5, 0.6) is 11.5 Å². The summed E-state index contributed by atoms with van der Waals surface area (Å²) in [6.45, 7) is 10.2. The summed E-state index contributed by atoms with van der Waals surface area (Å²) in [4.78, 5) is 39.3. The highest BCUT2D eigenvalue weighted by molar-refractivity contribution is 14.1. The molecule has 0 aromatic heterocycles. The number of nitrogens with zero attached hydrogens (tertiary/aromatic N) is 1. The second-order valence-corrected chi connectivity index (χ2v) is 9.94. The van der Waals surface area contributed by atoms with Crippen molar-refractivity contribution in [2.24, 2.45) is 0 Å². The number of carbonyl (C=O) groups is 3. The lowest BCUT2D eigenvalue weighted by molar-refractivity contribution is -0.127. The summed E-state index contributed by atoms with van der Waals surface area (Å²) in [7, 11) is 0. The highest BCUT2D eigenvalue weighted by atomic mass is 127. The van der Waals surface area contributed by atoms with E-state index in [9.17, 15) is 14.4 Å². The number of benzene rings is 2. The molecular weight excluding hydrogens is 567 g/mol. The summed E-state index contributed by atoms with van der Waals surface area (Å²) < 4.78 is 12.2. The van der Waals surface area contributed by atoms with Crippen LogP contribution in [0.2, 0.25) is 0 Å². The second kappa shape index (κ2) is 11.3. The molecular formula is C25H27IN2O5S. The van der Waals surface area contributed by atoms with Crippen molar-refractivity contribution in [3.8, 4) is 11.5 Å². The maximum Gasteiger partial charge on any atom is 0.294 e. The molecule has 180 valence electrons. The SMILES string of the molecule is CCOc1cc(/C=C2/SC(=O)N(CC(=O)Nc3c(C)cc(C)cc3C)C2=O)cc(I)c1OCC. The fraction of sp³-hybridized carbons (Fsp3) is 0.320. The number of hydrogen-bond acceptors (Lipinski definition) is 6. The summed E-state index contributed by atoms with van der Waals surface area (Å²) in [6.07, 6.45) is 1.64. The minimum absolute atomic E-state index is 0.253. The van der Waals surface area contributed by atoms with Crippen molar-refractivity contribution in [2.75, 3.05) is 25.1 Å². The molecule has 1 aliphatic rings. The number of imide groups is 1. The summed E-state index contributed by atoms with van der Waals surface area (Å²) >= 11 is 2.97. The van der Waals surface area contributed by atoms with Crippen molar-refractivity contribution in [3.63, 3.8) is 0 Å². The molecule has 0 atom stereocenters. The molecule has 0 saturated carbocycles. The van der Waals surface area contributed by atoms with E-state index in [-0.39, 0.29) is 11.4 Å². The van der Waals surface area contributed by atoms with Gasteiger partial charge in [-0.05, 0) is 104 Å². The van der Waals surface area contributed by atoms with Gasteiger partial charge in [-0.15, -0.1) is 0 Å². The van der Waals surface area contributed by atoms with Gasteiger partial charge in [-0.25, -0.2) is 0 Å². The summed E-state index contributed by atoms with van der Waals surface area (Å²) in [5, 5.41) is 2.36. The first kappa shape index (κ1) is 26.1. The Bertz CT molecular complexity index is 1160. The van der Waals surface area contributed by atoms with Crippen molar-refractivity contribution >= 4 is 63.2 Å². The van der Waals surface area contributed by atoms with Crippen LogP contribution >= 0.6 is 34.4 Å². The third-order valence-electron chi connectivity index (χ3n) is 5.03. The molecule has 34 heavy (non-hydrogen) atoms. The van der Waals surface area contributed by atoms with Crippen LogP contribution in [0.15, 0.2) is 29.2 Å². The average Bonchev–Trinajstić information content (AvgIpc) is 3.00. The summed E-state index contributed by atoms with van der Waals surface area (Å²) in [5.41, 5.74) is 4.35. The van der Waals surface area contributed by atoms with Crippen LogP contribution < -0.4 is 14.8 Å². The number of nitrogens with one attached hydrogen (secondary N) is 1. The fourth-order valence-corrected chi connectivity index (χ4v) is 5.33. The smallest absolute Gasteiger partial charge is 0.294 e. The topological polar surface area (TPSA) is 84.9 Å². The Morgan fingerprint density at radius 3 is 2.32 bits per heavy atom. The van der Waals surface area contributed by atoms with Crippen LogP contribution in [0.3, 0.4) is 0 Å². The number of ether oxygens (including phenoxy) is 2. The Labute approximate surface area is 217 Å². The van der Waals surface area contributed by atoms with Crippen LogP contribution in [0.1, 0.15) is 36.1 Å². The van der Waals surface area contributed by atoms with E-state index in [1.165, 1.54) is 0 Å². The number of halogens is 1. The van der Waals surface area contributed by atoms with Gasteiger partial charge in [0, 0.05) is 5.69 Å². The zero-order chi connectivity index (χ0) is 25.0. The Morgan fingerprint density at radius 1 is 1.06 bits per heavy atom. The minimum atomic E-state index is -0.496. The van der Waals surface area contributed by atoms with Gasteiger partial charge < -0.3 is 14.8 Å². The maximum atomic E-state index is 12.9. The van der Waals surface area contributed by atoms with Gasteiger partial charge in [0.05, 0.1) is 21.7 Å². The molecule has 7 nitrogen and oxygen atoms in total. The van der Waals surface area contributed by atoms with E-state index in [4.69, 9.17) is 9.47 Å². The molecule has 1 heterocycles. The molecule has 3 rings (SSSR count). The van der Waals surface area contributed by atoms with Crippen molar-refractivity contribution in [1.29, 1.82) is 0 Å². The molecule has 0 aliphatic carbocycles.